The van der Waals surface area contributed by atoms with Crippen LogP contribution in [-0.2, 0) is 17.8 Å². The Balaban J connectivity index is 1.89. The van der Waals surface area contributed by atoms with Crippen LogP contribution in [0, 0.1) is 0 Å². The Morgan fingerprint density at radius 2 is 1.88 bits per heavy atom. The minimum Gasteiger partial charge on any atom is -0.467 e. The van der Waals surface area contributed by atoms with Gasteiger partial charge in [-0.05, 0) is 42.0 Å². The molecule has 0 aliphatic carbocycles. The van der Waals surface area contributed by atoms with E-state index < -0.39 is 0 Å². The lowest BCUT2D eigenvalue weighted by Crippen LogP contribution is -2.31. The summed E-state index contributed by atoms with van der Waals surface area (Å²) in [7, 11) is 0. The molecule has 6 heteroatoms. The molecule has 0 aliphatic heterocycles. The smallest absolute Gasteiger partial charge is 0.231 e. The van der Waals surface area contributed by atoms with Crippen LogP contribution in [0.15, 0.2) is 65.5 Å². The number of carbonyl (C=O) groups excluding carboxylic acids is 1. The number of hydrogen-bond acceptors (Lipinski definition) is 3. The van der Waals surface area contributed by atoms with Gasteiger partial charge < -0.3 is 9.32 Å². The summed E-state index contributed by atoms with van der Waals surface area (Å²) in [6.07, 6.45) is 4.96. The summed E-state index contributed by atoms with van der Waals surface area (Å²) in [5, 5.41) is 0.944. The van der Waals surface area contributed by atoms with Crippen molar-refractivity contribution in [3.05, 3.63) is 82.5 Å². The van der Waals surface area contributed by atoms with Crippen LogP contribution in [0.1, 0.15) is 11.3 Å². The highest BCUT2D eigenvalue weighted by Gasteiger charge is 2.20. The molecule has 0 N–H and O–H groups in total. The SMILES string of the molecule is O=C(Cc1c(Cl)cccc1Cl)N(Cc1ccco1)c1cccnc1. The van der Waals surface area contributed by atoms with Gasteiger partial charge in [0.1, 0.15) is 5.76 Å². The molecule has 0 aliphatic rings. The lowest BCUT2D eigenvalue weighted by molar-refractivity contribution is -0.118. The summed E-state index contributed by atoms with van der Waals surface area (Å²) in [4.78, 5) is 18.6. The van der Waals surface area contributed by atoms with Gasteiger partial charge >= 0.3 is 0 Å². The molecule has 0 saturated heterocycles. The monoisotopic (exact) mass is 360 g/mol. The number of nitrogens with zero attached hydrogens (tertiary/aromatic N) is 2. The van der Waals surface area contributed by atoms with Crippen molar-refractivity contribution in [1.29, 1.82) is 0 Å². The van der Waals surface area contributed by atoms with Crippen molar-refractivity contribution < 1.29 is 9.21 Å². The van der Waals surface area contributed by atoms with Crippen molar-refractivity contribution in [1.82, 2.24) is 4.98 Å². The van der Waals surface area contributed by atoms with Crippen molar-refractivity contribution in [2.24, 2.45) is 0 Å². The maximum Gasteiger partial charge on any atom is 0.231 e. The largest absolute Gasteiger partial charge is 0.467 e. The molecule has 2 heterocycles. The van der Waals surface area contributed by atoms with Gasteiger partial charge in [-0.2, -0.15) is 0 Å². The Kier molecular flexibility index (Phi) is 5.18. The van der Waals surface area contributed by atoms with E-state index in [0.29, 0.717) is 33.6 Å². The molecular weight excluding hydrogens is 347 g/mol. The van der Waals surface area contributed by atoms with Crippen LogP contribution >= 0.6 is 23.2 Å². The Labute approximate surface area is 149 Å². The molecule has 1 amide bonds. The first-order chi connectivity index (χ1) is 11.6. The Morgan fingerprint density at radius 3 is 2.50 bits per heavy atom. The van der Waals surface area contributed by atoms with Crippen LogP contribution in [0.4, 0.5) is 5.69 Å². The second kappa shape index (κ2) is 7.51. The summed E-state index contributed by atoms with van der Waals surface area (Å²) in [6.45, 7) is 0.305. The molecule has 0 radical (unpaired) electrons. The highest BCUT2D eigenvalue weighted by atomic mass is 35.5. The predicted molar refractivity (Wildman–Crippen MR) is 94.3 cm³/mol. The maximum absolute atomic E-state index is 12.9. The fourth-order valence-corrected chi connectivity index (χ4v) is 2.87. The Bertz CT molecular complexity index is 800. The number of hydrogen-bond donors (Lipinski definition) is 0. The summed E-state index contributed by atoms with van der Waals surface area (Å²) in [5.74, 6) is 0.534. The predicted octanol–water partition coefficient (Wildman–Crippen LogP) is 4.76. The lowest BCUT2D eigenvalue weighted by Gasteiger charge is -2.22. The van der Waals surface area contributed by atoms with Gasteiger partial charge in [0.2, 0.25) is 5.91 Å². The van der Waals surface area contributed by atoms with Gasteiger partial charge in [0.25, 0.3) is 0 Å². The zero-order valence-corrected chi connectivity index (χ0v) is 14.2. The number of amides is 1. The number of furan rings is 1. The number of pyridine rings is 1. The average Bonchev–Trinajstić information content (AvgIpc) is 3.10. The molecule has 24 heavy (non-hydrogen) atoms. The Morgan fingerprint density at radius 1 is 1.08 bits per heavy atom. The zero-order valence-electron chi connectivity index (χ0n) is 12.7. The third-order valence-electron chi connectivity index (χ3n) is 3.54. The third kappa shape index (κ3) is 3.78. The number of anilines is 1. The third-order valence-corrected chi connectivity index (χ3v) is 4.25. The first kappa shape index (κ1) is 16.6. The topological polar surface area (TPSA) is 46.3 Å². The molecule has 0 fully saturated rings. The van der Waals surface area contributed by atoms with Crippen LogP contribution in [0.5, 0.6) is 0 Å². The van der Waals surface area contributed by atoms with Gasteiger partial charge in [-0.15, -0.1) is 0 Å². The van der Waals surface area contributed by atoms with Crippen LogP contribution in [0.25, 0.3) is 0 Å². The van der Waals surface area contributed by atoms with Crippen LogP contribution in [0.2, 0.25) is 10.0 Å². The number of rotatable bonds is 5. The summed E-state index contributed by atoms with van der Waals surface area (Å²) in [6, 6.07) is 12.4. The normalized spacial score (nSPS) is 10.6. The molecule has 1 aromatic carbocycles. The van der Waals surface area contributed by atoms with Crippen LogP contribution in [-0.4, -0.2) is 10.9 Å². The van der Waals surface area contributed by atoms with Crippen molar-refractivity contribution >= 4 is 34.8 Å². The number of carbonyl (C=O) groups is 1. The van der Waals surface area contributed by atoms with E-state index in [9.17, 15) is 4.79 Å². The van der Waals surface area contributed by atoms with E-state index in [4.69, 9.17) is 27.6 Å². The summed E-state index contributed by atoms with van der Waals surface area (Å²) < 4.78 is 5.37. The standard InChI is InChI=1S/C18H14Cl2N2O2/c19-16-6-1-7-17(20)15(16)10-18(23)22(12-14-5-3-9-24-14)13-4-2-8-21-11-13/h1-9,11H,10,12H2. The van der Waals surface area contributed by atoms with Gasteiger partial charge in [0, 0.05) is 16.2 Å². The number of aromatic nitrogens is 1. The van der Waals surface area contributed by atoms with Crippen molar-refractivity contribution in [3.8, 4) is 0 Å². The second-order valence-electron chi connectivity index (χ2n) is 5.15. The first-order valence-electron chi connectivity index (χ1n) is 7.31. The van der Waals surface area contributed by atoms with E-state index in [1.807, 2.05) is 12.1 Å². The van der Waals surface area contributed by atoms with E-state index in [0.717, 1.165) is 0 Å². The molecule has 122 valence electrons. The van der Waals surface area contributed by atoms with Crippen LogP contribution in [0.3, 0.4) is 0 Å². The van der Waals surface area contributed by atoms with E-state index >= 15 is 0 Å². The fraction of sp³-hybridized carbons (Fsp3) is 0.111. The minimum absolute atomic E-state index is 0.0914. The van der Waals surface area contributed by atoms with E-state index in [1.165, 1.54) is 0 Å². The zero-order chi connectivity index (χ0) is 16.9. The van der Waals surface area contributed by atoms with Crippen LogP contribution < -0.4 is 4.90 Å². The minimum atomic E-state index is -0.144. The molecule has 0 spiro atoms. The summed E-state index contributed by atoms with van der Waals surface area (Å²) >= 11 is 12.4. The second-order valence-corrected chi connectivity index (χ2v) is 5.96. The maximum atomic E-state index is 12.9. The molecular formula is C18H14Cl2N2O2. The summed E-state index contributed by atoms with van der Waals surface area (Å²) in [5.41, 5.74) is 1.29. The number of benzene rings is 1. The molecule has 0 unspecified atom stereocenters. The fourth-order valence-electron chi connectivity index (χ4n) is 2.34. The molecule has 3 rings (SSSR count). The van der Waals surface area contributed by atoms with E-state index in [2.05, 4.69) is 4.98 Å². The van der Waals surface area contributed by atoms with E-state index in [-0.39, 0.29) is 12.3 Å². The molecule has 2 aromatic heterocycles. The first-order valence-corrected chi connectivity index (χ1v) is 8.06. The van der Waals surface area contributed by atoms with Gasteiger partial charge in [-0.1, -0.05) is 29.3 Å². The lowest BCUT2D eigenvalue weighted by atomic mass is 10.1. The molecule has 3 aromatic rings. The molecule has 0 bridgehead atoms. The van der Waals surface area contributed by atoms with Gasteiger partial charge in [-0.25, -0.2) is 0 Å². The number of halogens is 2. The van der Waals surface area contributed by atoms with Crippen molar-refractivity contribution in [2.75, 3.05) is 4.90 Å². The average molecular weight is 361 g/mol. The molecule has 4 nitrogen and oxygen atoms in total. The molecule has 0 atom stereocenters. The Hall–Kier alpha value is -2.30. The van der Waals surface area contributed by atoms with Gasteiger partial charge in [-0.3, -0.25) is 9.78 Å². The van der Waals surface area contributed by atoms with Gasteiger partial charge in [0.05, 0.1) is 31.1 Å². The highest BCUT2D eigenvalue weighted by molar-refractivity contribution is 6.36. The highest BCUT2D eigenvalue weighted by Crippen LogP contribution is 2.26. The quantitative estimate of drug-likeness (QED) is 0.658. The van der Waals surface area contributed by atoms with E-state index in [1.54, 1.807) is 53.9 Å². The van der Waals surface area contributed by atoms with Crippen molar-refractivity contribution in [2.45, 2.75) is 13.0 Å². The van der Waals surface area contributed by atoms with Gasteiger partial charge in [0.15, 0.2) is 0 Å². The molecule has 0 saturated carbocycles. The van der Waals surface area contributed by atoms with Crippen molar-refractivity contribution in [3.63, 3.8) is 0 Å².